The summed E-state index contributed by atoms with van der Waals surface area (Å²) in [5.74, 6) is 1.46. The van der Waals surface area contributed by atoms with E-state index in [4.69, 9.17) is 19.9 Å². The number of aliphatic hydroxyl groups excluding tert-OH is 4. The Balaban J connectivity index is 1.06. The van der Waals surface area contributed by atoms with Gasteiger partial charge in [0, 0.05) is 45.2 Å². The van der Waals surface area contributed by atoms with Crippen molar-refractivity contribution in [3.8, 4) is 0 Å². The molecule has 17 nitrogen and oxygen atoms in total. The summed E-state index contributed by atoms with van der Waals surface area (Å²) in [6, 6.07) is -0.720. The van der Waals surface area contributed by atoms with E-state index < -0.39 is 24.4 Å². The average Bonchev–Trinajstić information content (AvgIpc) is 3.94. The number of hydrogen-bond donors (Lipinski definition) is 6. The lowest BCUT2D eigenvalue weighted by atomic mass is 10.1. The molecule has 2 saturated carbocycles. The molecule has 2 aliphatic heterocycles. The van der Waals surface area contributed by atoms with Crippen LogP contribution >= 0.6 is 0 Å². The van der Waals surface area contributed by atoms with E-state index in [1.165, 1.54) is 6.92 Å². The molecule has 2 aliphatic carbocycles. The number of aliphatic hydroxyl groups is 4. The van der Waals surface area contributed by atoms with Gasteiger partial charge in [0.05, 0.1) is 43.1 Å². The van der Waals surface area contributed by atoms with Gasteiger partial charge in [0.1, 0.15) is 17.7 Å². The minimum absolute atomic E-state index is 0.00629. The molecule has 0 radical (unpaired) electrons. The molecular formula is C32H44N12O5. The van der Waals surface area contributed by atoms with Crippen LogP contribution in [-0.4, -0.2) is 128 Å². The number of aromatic nitrogens is 8. The van der Waals surface area contributed by atoms with E-state index >= 15 is 0 Å². The summed E-state index contributed by atoms with van der Waals surface area (Å²) in [6.45, 7) is 7.92. The molecule has 0 aromatic carbocycles. The second kappa shape index (κ2) is 12.3. The van der Waals surface area contributed by atoms with Crippen molar-refractivity contribution in [1.82, 2.24) is 44.4 Å². The van der Waals surface area contributed by atoms with Gasteiger partial charge in [-0.05, 0) is 37.5 Å². The Morgan fingerprint density at radius 2 is 1.35 bits per heavy atom. The molecule has 0 bridgehead atoms. The fourth-order valence-electron chi connectivity index (χ4n) is 8.21. The summed E-state index contributed by atoms with van der Waals surface area (Å²) >= 11 is 0. The molecule has 6 N–H and O–H groups in total. The molecular weight excluding hydrogens is 632 g/mol. The van der Waals surface area contributed by atoms with Crippen LogP contribution in [0.2, 0.25) is 0 Å². The van der Waals surface area contributed by atoms with Crippen molar-refractivity contribution in [3.63, 3.8) is 0 Å². The van der Waals surface area contributed by atoms with Gasteiger partial charge in [0.25, 0.3) is 0 Å². The first-order chi connectivity index (χ1) is 23.5. The third kappa shape index (κ3) is 5.61. The van der Waals surface area contributed by atoms with E-state index in [9.17, 15) is 25.2 Å². The number of nitrogens with zero attached hydrogens (tertiary/aromatic N) is 10. The molecule has 2 saturated heterocycles. The van der Waals surface area contributed by atoms with Crippen LogP contribution in [0.5, 0.6) is 0 Å². The molecule has 1 amide bonds. The molecule has 4 fully saturated rings. The molecule has 0 unspecified atom stereocenters. The minimum atomic E-state index is -0.944. The van der Waals surface area contributed by atoms with Gasteiger partial charge in [-0.3, -0.25) is 4.79 Å². The highest BCUT2D eigenvalue weighted by molar-refractivity contribution is 5.85. The monoisotopic (exact) mass is 676 g/mol. The van der Waals surface area contributed by atoms with Crippen LogP contribution in [0.25, 0.3) is 22.3 Å². The molecule has 10 atom stereocenters. The van der Waals surface area contributed by atoms with Crippen LogP contribution in [0.1, 0.15) is 58.5 Å². The average molecular weight is 677 g/mol. The Morgan fingerprint density at radius 3 is 2.00 bits per heavy atom. The predicted octanol–water partition coefficient (Wildman–Crippen LogP) is -0.0230. The molecule has 8 rings (SSSR count). The summed E-state index contributed by atoms with van der Waals surface area (Å²) in [5, 5.41) is 49.1. The Kier molecular flexibility index (Phi) is 8.04. The second-order valence-electron chi connectivity index (χ2n) is 14.5. The fraction of sp³-hybridized carbons (Fsp3) is 0.656. The standard InChI is InChI=1S/C32H44N12O5/c1-15-8-21(26(48)24(15)46)43-13-34-20-10-33-31(39-29(20)43)41-6-5-19(12-41)37-28-23-30(44(14-35-23)22-9-16(2)25(47)27(22)49)40-32(38-28)42-7-4-18(11-42)36-17(3)45/h10,13-16,18-19,21-22,24-27,46-49H,4-9,11-12H2,1-3H3,(H,36,45)(H,37,38,40)/t15-,16-,18+,19+,21+,22+,24+,25+,26-,27-/m0/s1. The third-order valence-corrected chi connectivity index (χ3v) is 11.0. The number of nitrogens with one attached hydrogen (secondary N) is 2. The van der Waals surface area contributed by atoms with E-state index in [0.717, 1.165) is 12.8 Å². The summed E-state index contributed by atoms with van der Waals surface area (Å²) in [4.78, 5) is 44.4. The highest BCUT2D eigenvalue weighted by atomic mass is 16.3. The van der Waals surface area contributed by atoms with Crippen molar-refractivity contribution >= 4 is 45.9 Å². The van der Waals surface area contributed by atoms with Crippen molar-refractivity contribution in [3.05, 3.63) is 18.9 Å². The lowest BCUT2D eigenvalue weighted by Gasteiger charge is -2.22. The van der Waals surface area contributed by atoms with E-state index in [1.807, 2.05) is 23.0 Å². The zero-order valence-corrected chi connectivity index (χ0v) is 27.8. The van der Waals surface area contributed by atoms with Crippen LogP contribution in [0.4, 0.5) is 17.7 Å². The van der Waals surface area contributed by atoms with Crippen molar-refractivity contribution in [2.45, 2.75) is 95.0 Å². The topological polar surface area (TPSA) is 216 Å². The summed E-state index contributed by atoms with van der Waals surface area (Å²) < 4.78 is 3.72. The highest BCUT2D eigenvalue weighted by Crippen LogP contribution is 2.39. The maximum absolute atomic E-state index is 11.7. The quantitative estimate of drug-likeness (QED) is 0.152. The maximum Gasteiger partial charge on any atom is 0.229 e. The number of hydrogen-bond acceptors (Lipinski definition) is 14. The number of rotatable bonds is 7. The van der Waals surface area contributed by atoms with Gasteiger partial charge in [0.2, 0.25) is 17.8 Å². The van der Waals surface area contributed by atoms with E-state index in [-0.39, 0.29) is 41.9 Å². The molecule has 4 aliphatic rings. The SMILES string of the molecule is CC(=O)N[C@@H]1CCN(c2nc(N[C@@H]3CCN(c4ncc5ncn([C@@H]6C[C@H](C)[C@@H](O)[C@H]6O)c5n4)C3)c3ncn([C@@H]4C[C@H](C)[C@@H](O)[C@H]4O)c3n2)C1. The smallest absolute Gasteiger partial charge is 0.229 e. The third-order valence-electron chi connectivity index (χ3n) is 11.0. The van der Waals surface area contributed by atoms with Gasteiger partial charge in [0.15, 0.2) is 22.6 Å². The van der Waals surface area contributed by atoms with Gasteiger partial charge in [-0.2, -0.15) is 15.0 Å². The molecule has 17 heteroatoms. The lowest BCUT2D eigenvalue weighted by Crippen LogP contribution is -2.36. The molecule has 6 heterocycles. The number of carbonyl (C=O) groups is 1. The number of imidazole rings is 2. The number of carbonyl (C=O) groups excluding carboxylic acids is 1. The molecule has 262 valence electrons. The molecule has 4 aromatic rings. The van der Waals surface area contributed by atoms with Crippen LogP contribution in [-0.2, 0) is 4.79 Å². The van der Waals surface area contributed by atoms with Crippen LogP contribution in [0.3, 0.4) is 0 Å². The van der Waals surface area contributed by atoms with Gasteiger partial charge in [-0.1, -0.05) is 13.8 Å². The number of anilines is 3. The van der Waals surface area contributed by atoms with Crippen molar-refractivity contribution < 1.29 is 25.2 Å². The summed E-state index contributed by atoms with van der Waals surface area (Å²) in [6.07, 6.45) is 4.33. The normalized spacial score (nSPS) is 33.4. The van der Waals surface area contributed by atoms with E-state index in [1.54, 1.807) is 18.9 Å². The largest absolute Gasteiger partial charge is 0.390 e. The van der Waals surface area contributed by atoms with Gasteiger partial charge < -0.3 is 50.0 Å². The molecule has 4 aromatic heterocycles. The zero-order chi connectivity index (χ0) is 34.1. The van der Waals surface area contributed by atoms with Crippen LogP contribution in [0, 0.1) is 11.8 Å². The minimum Gasteiger partial charge on any atom is -0.390 e. The predicted molar refractivity (Wildman–Crippen MR) is 179 cm³/mol. The second-order valence-corrected chi connectivity index (χ2v) is 14.5. The number of fused-ring (bicyclic) bond motifs is 2. The first-order valence-electron chi connectivity index (χ1n) is 17.3. The highest BCUT2D eigenvalue weighted by Gasteiger charge is 2.42. The number of amides is 1. The van der Waals surface area contributed by atoms with Crippen LogP contribution in [0.15, 0.2) is 18.9 Å². The molecule has 0 spiro atoms. The first kappa shape index (κ1) is 32.0. The zero-order valence-electron chi connectivity index (χ0n) is 27.8. The van der Waals surface area contributed by atoms with Crippen molar-refractivity contribution in [2.24, 2.45) is 11.8 Å². The van der Waals surface area contributed by atoms with Crippen molar-refractivity contribution in [1.29, 1.82) is 0 Å². The summed E-state index contributed by atoms with van der Waals surface area (Å²) in [5.41, 5.74) is 2.40. The Bertz CT molecular complexity index is 1870. The Hall–Kier alpha value is -4.19. The van der Waals surface area contributed by atoms with E-state index in [2.05, 4.69) is 30.4 Å². The fourth-order valence-corrected chi connectivity index (χ4v) is 8.21. The summed E-state index contributed by atoms with van der Waals surface area (Å²) in [7, 11) is 0. The lowest BCUT2D eigenvalue weighted by molar-refractivity contribution is -0.119. The van der Waals surface area contributed by atoms with Gasteiger partial charge >= 0.3 is 0 Å². The first-order valence-corrected chi connectivity index (χ1v) is 17.3. The van der Waals surface area contributed by atoms with Gasteiger partial charge in [-0.25, -0.2) is 15.0 Å². The van der Waals surface area contributed by atoms with Gasteiger partial charge in [-0.15, -0.1) is 0 Å². The van der Waals surface area contributed by atoms with Crippen LogP contribution < -0.4 is 20.4 Å². The molecule has 49 heavy (non-hydrogen) atoms. The Labute approximate surface area is 282 Å². The van der Waals surface area contributed by atoms with E-state index in [0.29, 0.717) is 79.1 Å². The maximum atomic E-state index is 11.7. The Morgan fingerprint density at radius 1 is 0.755 bits per heavy atom. The van der Waals surface area contributed by atoms with Crippen molar-refractivity contribution in [2.75, 3.05) is 41.3 Å².